The van der Waals surface area contributed by atoms with Gasteiger partial charge in [0.15, 0.2) is 12.1 Å². The third-order valence-corrected chi connectivity index (χ3v) is 3.10. The van der Waals surface area contributed by atoms with E-state index in [1.807, 2.05) is 0 Å². The summed E-state index contributed by atoms with van der Waals surface area (Å²) in [6, 6.07) is 1.62. The third kappa shape index (κ3) is 2.80. The van der Waals surface area contributed by atoms with E-state index in [1.165, 1.54) is 6.20 Å². The van der Waals surface area contributed by atoms with Crippen molar-refractivity contribution in [3.8, 4) is 0 Å². The maximum atomic E-state index is 12.7. The molecule has 1 aliphatic heterocycles. The summed E-state index contributed by atoms with van der Waals surface area (Å²) in [5.41, 5.74) is 1.09. The molecule has 1 aliphatic rings. The van der Waals surface area contributed by atoms with Crippen molar-refractivity contribution in [3.05, 3.63) is 41.4 Å². The maximum Gasteiger partial charge on any atom is 0.452 e. The van der Waals surface area contributed by atoms with E-state index in [0.717, 1.165) is 11.3 Å². The fourth-order valence-corrected chi connectivity index (χ4v) is 2.11. The number of halogens is 3. The van der Waals surface area contributed by atoms with Crippen molar-refractivity contribution >= 4 is 11.6 Å². The number of pyridine rings is 1. The first kappa shape index (κ1) is 14.5. The van der Waals surface area contributed by atoms with Gasteiger partial charge in [-0.1, -0.05) is 0 Å². The molecule has 1 amide bonds. The summed E-state index contributed by atoms with van der Waals surface area (Å²) in [5.74, 6) is -2.45. The quantitative estimate of drug-likeness (QED) is 0.921. The number of carbonyl (C=O) groups excluding carboxylic acids is 1. The molecule has 0 aromatic carbocycles. The fraction of sp³-hybridized carbons (Fsp3) is 0.308. The van der Waals surface area contributed by atoms with Crippen molar-refractivity contribution in [2.45, 2.75) is 19.2 Å². The van der Waals surface area contributed by atoms with E-state index in [-0.39, 0.29) is 5.69 Å². The fourth-order valence-electron chi connectivity index (χ4n) is 2.11. The summed E-state index contributed by atoms with van der Waals surface area (Å²) >= 11 is 0. The molecule has 116 valence electrons. The lowest BCUT2D eigenvalue weighted by Crippen LogP contribution is -2.19. The van der Waals surface area contributed by atoms with Crippen LogP contribution in [0.5, 0.6) is 0 Å². The van der Waals surface area contributed by atoms with Crippen molar-refractivity contribution < 1.29 is 27.1 Å². The minimum atomic E-state index is -4.79. The summed E-state index contributed by atoms with van der Waals surface area (Å²) in [6.45, 7) is 0.920. The lowest BCUT2D eigenvalue weighted by atomic mass is 10.1. The van der Waals surface area contributed by atoms with Gasteiger partial charge >= 0.3 is 6.18 Å². The minimum absolute atomic E-state index is 0.269. The normalized spacial score (nSPS) is 14.5. The van der Waals surface area contributed by atoms with Crippen LogP contribution in [0.4, 0.5) is 18.9 Å². The number of rotatable bonds is 2. The Morgan fingerprint density at radius 1 is 1.32 bits per heavy atom. The van der Waals surface area contributed by atoms with Crippen LogP contribution in [-0.2, 0) is 23.9 Å². The van der Waals surface area contributed by atoms with Crippen LogP contribution in [0.25, 0.3) is 0 Å². The molecule has 0 spiro atoms. The molecule has 0 saturated carbocycles. The number of nitrogens with one attached hydrogen (secondary N) is 1. The van der Waals surface area contributed by atoms with Crippen molar-refractivity contribution in [2.24, 2.45) is 0 Å². The molecule has 0 aliphatic carbocycles. The summed E-state index contributed by atoms with van der Waals surface area (Å²) < 4.78 is 47.5. The topological polar surface area (TPSA) is 77.2 Å². The molecule has 2 aromatic rings. The van der Waals surface area contributed by atoms with E-state index in [4.69, 9.17) is 4.74 Å². The highest BCUT2D eigenvalue weighted by Gasteiger charge is 2.40. The smallest absolute Gasteiger partial charge is 0.438 e. The molecule has 22 heavy (non-hydrogen) atoms. The van der Waals surface area contributed by atoms with Gasteiger partial charge in [-0.3, -0.25) is 9.78 Å². The average molecular weight is 313 g/mol. The standard InChI is InChI=1S/C13H10F3N3O3/c14-13(15,16)11-10(18-6-22-11)12(20)19-8-3-7-5-21-2-1-9(7)17-4-8/h3-4,6H,1-2,5H2,(H,19,20). The Hall–Kier alpha value is -2.42. The zero-order valence-electron chi connectivity index (χ0n) is 11.1. The van der Waals surface area contributed by atoms with Crippen LogP contribution in [0.3, 0.4) is 0 Å². The molecule has 3 heterocycles. The van der Waals surface area contributed by atoms with E-state index < -0.39 is 23.5 Å². The van der Waals surface area contributed by atoms with Crippen molar-refractivity contribution in [1.82, 2.24) is 9.97 Å². The van der Waals surface area contributed by atoms with Crippen LogP contribution >= 0.6 is 0 Å². The molecule has 1 N–H and O–H groups in total. The first-order valence-corrected chi connectivity index (χ1v) is 6.32. The summed E-state index contributed by atoms with van der Waals surface area (Å²) in [4.78, 5) is 19.4. The first-order chi connectivity index (χ1) is 10.4. The number of hydrogen-bond donors (Lipinski definition) is 1. The van der Waals surface area contributed by atoms with Gasteiger partial charge in [-0.2, -0.15) is 13.2 Å². The monoisotopic (exact) mass is 313 g/mol. The molecule has 0 fully saturated rings. The van der Waals surface area contributed by atoms with Gasteiger partial charge < -0.3 is 14.5 Å². The van der Waals surface area contributed by atoms with Gasteiger partial charge in [0.25, 0.3) is 5.91 Å². The first-order valence-electron chi connectivity index (χ1n) is 6.32. The van der Waals surface area contributed by atoms with Crippen LogP contribution in [0.2, 0.25) is 0 Å². The maximum absolute atomic E-state index is 12.7. The van der Waals surface area contributed by atoms with E-state index in [1.54, 1.807) is 6.07 Å². The summed E-state index contributed by atoms with van der Waals surface area (Å²) in [6.07, 6.45) is -2.16. The van der Waals surface area contributed by atoms with E-state index in [9.17, 15) is 18.0 Å². The van der Waals surface area contributed by atoms with Crippen molar-refractivity contribution in [2.75, 3.05) is 11.9 Å². The second-order valence-electron chi connectivity index (χ2n) is 4.61. The van der Waals surface area contributed by atoms with Gasteiger partial charge in [0.1, 0.15) is 0 Å². The average Bonchev–Trinajstić information content (AvgIpc) is 2.97. The highest BCUT2D eigenvalue weighted by molar-refractivity contribution is 6.03. The van der Waals surface area contributed by atoms with Gasteiger partial charge in [0, 0.05) is 17.7 Å². The summed E-state index contributed by atoms with van der Waals surface area (Å²) in [7, 11) is 0. The number of hydrogen-bond acceptors (Lipinski definition) is 5. The van der Waals surface area contributed by atoms with E-state index in [0.29, 0.717) is 26.0 Å². The lowest BCUT2D eigenvalue weighted by Gasteiger charge is -2.16. The number of amides is 1. The highest BCUT2D eigenvalue weighted by atomic mass is 19.4. The SMILES string of the molecule is O=C(Nc1cnc2c(c1)COCC2)c1ncoc1C(F)(F)F. The Kier molecular flexibility index (Phi) is 3.57. The molecule has 0 bridgehead atoms. The van der Waals surface area contributed by atoms with Gasteiger partial charge in [-0.05, 0) is 6.07 Å². The van der Waals surface area contributed by atoms with Crippen LogP contribution < -0.4 is 5.32 Å². The number of oxazole rings is 1. The van der Waals surface area contributed by atoms with Crippen LogP contribution in [-0.4, -0.2) is 22.5 Å². The molecular formula is C13H10F3N3O3. The van der Waals surface area contributed by atoms with Crippen LogP contribution in [0.15, 0.2) is 23.1 Å². The second-order valence-corrected chi connectivity index (χ2v) is 4.61. The number of anilines is 1. The molecule has 6 nitrogen and oxygen atoms in total. The lowest BCUT2D eigenvalue weighted by molar-refractivity contribution is -0.153. The Labute approximate surface area is 122 Å². The Bertz CT molecular complexity index is 712. The predicted octanol–water partition coefficient (Wildman–Crippen LogP) is 2.41. The number of carbonyl (C=O) groups is 1. The predicted molar refractivity (Wildman–Crippen MR) is 67.1 cm³/mol. The van der Waals surface area contributed by atoms with Gasteiger partial charge in [-0.25, -0.2) is 4.98 Å². The molecule has 0 radical (unpaired) electrons. The molecule has 0 saturated heterocycles. The van der Waals surface area contributed by atoms with Gasteiger partial charge in [-0.15, -0.1) is 0 Å². The molecule has 9 heteroatoms. The molecule has 0 unspecified atom stereocenters. The van der Waals surface area contributed by atoms with E-state index >= 15 is 0 Å². The van der Waals surface area contributed by atoms with Gasteiger partial charge in [0.2, 0.25) is 5.76 Å². The Balaban J connectivity index is 1.82. The van der Waals surface area contributed by atoms with Crippen molar-refractivity contribution in [3.63, 3.8) is 0 Å². The van der Waals surface area contributed by atoms with Crippen LogP contribution in [0.1, 0.15) is 27.5 Å². The van der Waals surface area contributed by atoms with Gasteiger partial charge in [0.05, 0.1) is 25.1 Å². The van der Waals surface area contributed by atoms with Crippen molar-refractivity contribution in [1.29, 1.82) is 0 Å². The molecule has 2 aromatic heterocycles. The molecule has 3 rings (SSSR count). The minimum Gasteiger partial charge on any atom is -0.438 e. The number of aromatic nitrogens is 2. The van der Waals surface area contributed by atoms with Crippen LogP contribution in [0, 0.1) is 0 Å². The highest BCUT2D eigenvalue weighted by Crippen LogP contribution is 2.31. The number of nitrogens with zero attached hydrogens (tertiary/aromatic N) is 2. The number of alkyl halides is 3. The largest absolute Gasteiger partial charge is 0.452 e. The zero-order chi connectivity index (χ0) is 15.7. The Morgan fingerprint density at radius 3 is 2.91 bits per heavy atom. The molecular weight excluding hydrogens is 303 g/mol. The third-order valence-electron chi connectivity index (χ3n) is 3.10. The Morgan fingerprint density at radius 2 is 2.14 bits per heavy atom. The molecule has 0 atom stereocenters. The van der Waals surface area contributed by atoms with E-state index in [2.05, 4.69) is 19.7 Å². The summed E-state index contributed by atoms with van der Waals surface area (Å²) in [5, 5.41) is 2.33. The number of ether oxygens (including phenoxy) is 1. The number of fused-ring (bicyclic) bond motifs is 1. The second kappa shape index (κ2) is 5.41. The zero-order valence-corrected chi connectivity index (χ0v) is 11.1.